The number of carbonyl (C=O) groups is 1. The summed E-state index contributed by atoms with van der Waals surface area (Å²) in [7, 11) is 1.39. The predicted octanol–water partition coefficient (Wildman–Crippen LogP) is 0.871. The van der Waals surface area contributed by atoms with Crippen LogP contribution in [0.4, 0.5) is 0 Å². The van der Waals surface area contributed by atoms with E-state index in [9.17, 15) is 9.90 Å². The summed E-state index contributed by atoms with van der Waals surface area (Å²) in [6, 6.07) is 0. The van der Waals surface area contributed by atoms with E-state index in [0.717, 1.165) is 25.7 Å². The summed E-state index contributed by atoms with van der Waals surface area (Å²) >= 11 is 0. The van der Waals surface area contributed by atoms with Crippen LogP contribution in [0.3, 0.4) is 0 Å². The minimum absolute atomic E-state index is 0.266. The number of hydrogen-bond acceptors (Lipinski definition) is 4. The van der Waals surface area contributed by atoms with E-state index < -0.39 is 11.0 Å². The quantitative estimate of drug-likeness (QED) is 0.693. The van der Waals surface area contributed by atoms with E-state index in [0.29, 0.717) is 13.0 Å². The molecule has 4 nitrogen and oxygen atoms in total. The highest BCUT2D eigenvalue weighted by Gasteiger charge is 2.59. The number of methoxy groups -OCH3 is 1. The first-order valence-electron chi connectivity index (χ1n) is 5.53. The Morgan fingerprint density at radius 2 is 2.00 bits per heavy atom. The van der Waals surface area contributed by atoms with E-state index in [1.165, 1.54) is 7.11 Å². The molecule has 2 rings (SSSR count). The summed E-state index contributed by atoms with van der Waals surface area (Å²) in [5.74, 6) is -0.270. The van der Waals surface area contributed by atoms with Gasteiger partial charge in [-0.2, -0.15) is 0 Å². The molecule has 0 amide bonds. The van der Waals surface area contributed by atoms with Gasteiger partial charge in [0.25, 0.3) is 0 Å². The summed E-state index contributed by atoms with van der Waals surface area (Å²) in [5, 5.41) is 10.5. The van der Waals surface area contributed by atoms with Crippen LogP contribution >= 0.6 is 0 Å². The standard InChI is InChI=1S/C11H18O4/c1-14-9(12)10(4-2-3-5-10)11(13)6-7-15-8-11/h13H,2-8H2,1H3. The Morgan fingerprint density at radius 1 is 1.33 bits per heavy atom. The van der Waals surface area contributed by atoms with Crippen LogP contribution in [0.15, 0.2) is 0 Å². The smallest absolute Gasteiger partial charge is 0.314 e. The molecule has 0 radical (unpaired) electrons. The highest BCUT2D eigenvalue weighted by Crippen LogP contribution is 2.50. The van der Waals surface area contributed by atoms with Crippen molar-refractivity contribution < 1.29 is 19.4 Å². The highest BCUT2D eigenvalue weighted by molar-refractivity contribution is 5.79. The van der Waals surface area contributed by atoms with Crippen LogP contribution in [-0.4, -0.2) is 37.0 Å². The van der Waals surface area contributed by atoms with Crippen molar-refractivity contribution in [3.63, 3.8) is 0 Å². The molecular weight excluding hydrogens is 196 g/mol. The molecule has 1 heterocycles. The van der Waals surface area contributed by atoms with Gasteiger partial charge in [-0.15, -0.1) is 0 Å². The molecule has 1 unspecified atom stereocenters. The van der Waals surface area contributed by atoms with Crippen molar-refractivity contribution in [2.24, 2.45) is 5.41 Å². The van der Waals surface area contributed by atoms with Gasteiger partial charge in [0.05, 0.1) is 19.1 Å². The van der Waals surface area contributed by atoms with Gasteiger partial charge in [0.1, 0.15) is 5.60 Å². The molecule has 0 aromatic carbocycles. The van der Waals surface area contributed by atoms with Gasteiger partial charge in [-0.1, -0.05) is 12.8 Å². The Hall–Kier alpha value is -0.610. The maximum atomic E-state index is 11.9. The summed E-state index contributed by atoms with van der Waals surface area (Å²) < 4.78 is 10.1. The van der Waals surface area contributed by atoms with E-state index in [1.807, 2.05) is 0 Å². The predicted molar refractivity (Wildman–Crippen MR) is 53.3 cm³/mol. The van der Waals surface area contributed by atoms with Crippen molar-refractivity contribution in [3.8, 4) is 0 Å². The minimum Gasteiger partial charge on any atom is -0.469 e. The second kappa shape index (κ2) is 3.76. The van der Waals surface area contributed by atoms with Gasteiger partial charge >= 0.3 is 5.97 Å². The van der Waals surface area contributed by atoms with Crippen LogP contribution in [-0.2, 0) is 14.3 Å². The fourth-order valence-corrected chi connectivity index (χ4v) is 2.97. The largest absolute Gasteiger partial charge is 0.469 e. The molecule has 0 aromatic heterocycles. The zero-order valence-corrected chi connectivity index (χ0v) is 9.12. The molecule has 0 bridgehead atoms. The number of carbonyl (C=O) groups excluding carboxylic acids is 1. The average Bonchev–Trinajstić information content (AvgIpc) is 2.86. The van der Waals surface area contributed by atoms with Crippen molar-refractivity contribution in [1.82, 2.24) is 0 Å². The first-order chi connectivity index (χ1) is 7.15. The summed E-state index contributed by atoms with van der Waals surface area (Å²) in [4.78, 5) is 11.9. The number of hydrogen-bond donors (Lipinski definition) is 1. The topological polar surface area (TPSA) is 55.8 Å². The lowest BCUT2D eigenvalue weighted by molar-refractivity contribution is -0.172. The Balaban J connectivity index is 2.29. The van der Waals surface area contributed by atoms with Gasteiger partial charge in [-0.05, 0) is 12.8 Å². The van der Waals surface area contributed by atoms with Crippen molar-refractivity contribution in [2.45, 2.75) is 37.7 Å². The highest BCUT2D eigenvalue weighted by atomic mass is 16.5. The van der Waals surface area contributed by atoms with Crippen LogP contribution in [0.1, 0.15) is 32.1 Å². The van der Waals surface area contributed by atoms with Crippen LogP contribution in [0.25, 0.3) is 0 Å². The van der Waals surface area contributed by atoms with Gasteiger partial charge in [-0.3, -0.25) is 4.79 Å². The maximum absolute atomic E-state index is 11.9. The SMILES string of the molecule is COC(=O)C1(C2(O)CCOC2)CCCC1. The minimum atomic E-state index is -1.00. The number of esters is 1. The maximum Gasteiger partial charge on any atom is 0.314 e. The van der Waals surface area contributed by atoms with Crippen molar-refractivity contribution in [2.75, 3.05) is 20.3 Å². The molecule has 15 heavy (non-hydrogen) atoms. The van der Waals surface area contributed by atoms with Crippen LogP contribution < -0.4 is 0 Å². The van der Waals surface area contributed by atoms with Crippen molar-refractivity contribution in [1.29, 1.82) is 0 Å². The zero-order valence-electron chi connectivity index (χ0n) is 9.12. The van der Waals surface area contributed by atoms with E-state index >= 15 is 0 Å². The summed E-state index contributed by atoms with van der Waals surface area (Å²) in [5.41, 5.74) is -1.71. The van der Waals surface area contributed by atoms with E-state index in [2.05, 4.69) is 0 Å². The molecule has 1 saturated heterocycles. The molecule has 86 valence electrons. The first kappa shape index (κ1) is 10.9. The fraction of sp³-hybridized carbons (Fsp3) is 0.909. The zero-order chi connectivity index (χ0) is 10.9. The van der Waals surface area contributed by atoms with Crippen molar-refractivity contribution >= 4 is 5.97 Å². The van der Waals surface area contributed by atoms with Crippen LogP contribution in [0, 0.1) is 5.41 Å². The molecule has 0 aromatic rings. The molecular formula is C11H18O4. The van der Waals surface area contributed by atoms with Gasteiger partial charge in [0.15, 0.2) is 0 Å². The third-order valence-corrected chi connectivity index (χ3v) is 3.92. The van der Waals surface area contributed by atoms with Crippen LogP contribution in [0.5, 0.6) is 0 Å². The molecule has 0 spiro atoms. The monoisotopic (exact) mass is 214 g/mol. The van der Waals surface area contributed by atoms with E-state index in [1.54, 1.807) is 0 Å². The lowest BCUT2D eigenvalue weighted by Crippen LogP contribution is -2.52. The number of rotatable bonds is 2. The molecule has 1 saturated carbocycles. The molecule has 2 fully saturated rings. The summed E-state index contributed by atoms with van der Waals surface area (Å²) in [6.07, 6.45) is 3.95. The van der Waals surface area contributed by atoms with Gasteiger partial charge < -0.3 is 14.6 Å². The van der Waals surface area contributed by atoms with E-state index in [-0.39, 0.29) is 12.6 Å². The van der Waals surface area contributed by atoms with Gasteiger partial charge in [-0.25, -0.2) is 0 Å². The number of aliphatic hydroxyl groups is 1. The fourth-order valence-electron chi connectivity index (χ4n) is 2.97. The molecule has 4 heteroatoms. The molecule has 2 aliphatic rings. The Labute approximate surface area is 89.6 Å². The van der Waals surface area contributed by atoms with E-state index in [4.69, 9.17) is 9.47 Å². The van der Waals surface area contributed by atoms with Crippen LogP contribution in [0.2, 0.25) is 0 Å². The Bertz CT molecular complexity index is 249. The lowest BCUT2D eigenvalue weighted by atomic mass is 9.70. The summed E-state index contributed by atoms with van der Waals surface area (Å²) in [6.45, 7) is 0.803. The van der Waals surface area contributed by atoms with Gasteiger partial charge in [0.2, 0.25) is 0 Å². The second-order valence-corrected chi connectivity index (χ2v) is 4.61. The molecule has 1 N–H and O–H groups in total. The number of ether oxygens (including phenoxy) is 2. The third-order valence-electron chi connectivity index (χ3n) is 3.92. The second-order valence-electron chi connectivity index (χ2n) is 4.61. The lowest BCUT2D eigenvalue weighted by Gasteiger charge is -2.38. The average molecular weight is 214 g/mol. The Kier molecular flexibility index (Phi) is 2.73. The Morgan fingerprint density at radius 3 is 2.47 bits per heavy atom. The molecule has 1 aliphatic carbocycles. The molecule has 1 aliphatic heterocycles. The normalized spacial score (nSPS) is 34.3. The first-order valence-corrected chi connectivity index (χ1v) is 5.53. The molecule has 1 atom stereocenters. The van der Waals surface area contributed by atoms with Gasteiger partial charge in [0, 0.05) is 13.0 Å². The van der Waals surface area contributed by atoms with Crippen molar-refractivity contribution in [3.05, 3.63) is 0 Å². The third kappa shape index (κ3) is 1.47.